The molecule has 0 aliphatic heterocycles. The summed E-state index contributed by atoms with van der Waals surface area (Å²) in [4.78, 5) is 0. The average Bonchev–Trinajstić information content (AvgIpc) is 3.49. The fourth-order valence-corrected chi connectivity index (χ4v) is 6.20. The summed E-state index contributed by atoms with van der Waals surface area (Å²) in [6, 6.07) is 49.6. The fourth-order valence-electron chi connectivity index (χ4n) is 6.03. The van der Waals surface area contributed by atoms with Gasteiger partial charge in [-0.15, -0.1) is 0 Å². The first-order valence-corrected chi connectivity index (χ1v) is 13.5. The molecule has 2 nitrogen and oxygen atoms in total. The lowest BCUT2D eigenvalue weighted by molar-refractivity contribution is 1.18. The lowest BCUT2D eigenvalue weighted by atomic mass is 10.0. The van der Waals surface area contributed by atoms with Crippen molar-refractivity contribution in [3.05, 3.63) is 145 Å². The SMILES string of the molecule is Clc1ccc2c3cc(-c4ccc5c6ccccc6n(-c6ccccc6)c5c4)ccc3n(-c3ccccc3)c2c1. The number of para-hydroxylation sites is 3. The summed E-state index contributed by atoms with van der Waals surface area (Å²) >= 11 is 6.47. The zero-order chi connectivity index (χ0) is 25.9. The molecule has 0 saturated heterocycles. The summed E-state index contributed by atoms with van der Waals surface area (Å²) in [6.45, 7) is 0. The lowest BCUT2D eigenvalue weighted by Crippen LogP contribution is -1.93. The summed E-state index contributed by atoms with van der Waals surface area (Å²) in [5.41, 5.74) is 9.38. The third-order valence-electron chi connectivity index (χ3n) is 7.76. The van der Waals surface area contributed by atoms with Crippen LogP contribution in [0.4, 0.5) is 0 Å². The number of fused-ring (bicyclic) bond motifs is 6. The smallest absolute Gasteiger partial charge is 0.0555 e. The van der Waals surface area contributed by atoms with E-state index in [9.17, 15) is 0 Å². The van der Waals surface area contributed by atoms with Crippen molar-refractivity contribution < 1.29 is 0 Å². The van der Waals surface area contributed by atoms with Crippen LogP contribution in [0.1, 0.15) is 0 Å². The predicted octanol–water partition coefficient (Wildman–Crippen LogP) is 10.2. The van der Waals surface area contributed by atoms with Gasteiger partial charge in [0.05, 0.1) is 22.1 Å². The molecule has 39 heavy (non-hydrogen) atoms. The molecular weight excluding hydrogens is 496 g/mol. The highest BCUT2D eigenvalue weighted by Gasteiger charge is 2.16. The van der Waals surface area contributed by atoms with Crippen LogP contribution in [-0.2, 0) is 0 Å². The molecule has 0 spiro atoms. The minimum atomic E-state index is 0.738. The van der Waals surface area contributed by atoms with Crippen LogP contribution in [0.5, 0.6) is 0 Å². The van der Waals surface area contributed by atoms with Crippen molar-refractivity contribution in [2.24, 2.45) is 0 Å². The van der Waals surface area contributed by atoms with Gasteiger partial charge in [-0.1, -0.05) is 90.5 Å². The van der Waals surface area contributed by atoms with Crippen molar-refractivity contribution >= 4 is 55.2 Å². The van der Waals surface area contributed by atoms with Gasteiger partial charge in [-0.05, 0) is 71.8 Å². The highest BCUT2D eigenvalue weighted by molar-refractivity contribution is 6.31. The number of hydrogen-bond acceptors (Lipinski definition) is 0. The minimum absolute atomic E-state index is 0.738. The molecule has 8 rings (SSSR count). The third-order valence-corrected chi connectivity index (χ3v) is 8.00. The van der Waals surface area contributed by atoms with E-state index in [-0.39, 0.29) is 0 Å². The lowest BCUT2D eigenvalue weighted by Gasteiger charge is -2.10. The second-order valence-electron chi connectivity index (χ2n) is 9.98. The van der Waals surface area contributed by atoms with Crippen LogP contribution in [0.25, 0.3) is 66.1 Å². The van der Waals surface area contributed by atoms with E-state index in [1.165, 1.54) is 54.9 Å². The summed E-state index contributed by atoms with van der Waals surface area (Å²) in [5.74, 6) is 0. The normalized spacial score (nSPS) is 11.7. The molecule has 0 N–H and O–H groups in total. The van der Waals surface area contributed by atoms with E-state index in [1.807, 2.05) is 12.1 Å². The van der Waals surface area contributed by atoms with Gasteiger partial charge in [0.15, 0.2) is 0 Å². The molecule has 0 unspecified atom stereocenters. The maximum absolute atomic E-state index is 6.47. The van der Waals surface area contributed by atoms with Gasteiger partial charge < -0.3 is 9.13 Å². The highest BCUT2D eigenvalue weighted by Crippen LogP contribution is 2.38. The van der Waals surface area contributed by atoms with E-state index in [0.717, 1.165) is 16.2 Å². The maximum atomic E-state index is 6.47. The first kappa shape index (κ1) is 22.2. The van der Waals surface area contributed by atoms with Gasteiger partial charge in [-0.3, -0.25) is 0 Å². The summed E-state index contributed by atoms with van der Waals surface area (Å²) in [7, 11) is 0. The molecule has 3 heteroatoms. The molecule has 0 bridgehead atoms. The molecule has 2 aromatic heterocycles. The number of aromatic nitrogens is 2. The van der Waals surface area contributed by atoms with E-state index in [4.69, 9.17) is 11.6 Å². The van der Waals surface area contributed by atoms with Crippen molar-refractivity contribution in [3.63, 3.8) is 0 Å². The molecule has 0 aliphatic rings. The minimum Gasteiger partial charge on any atom is -0.309 e. The Morgan fingerprint density at radius 3 is 1.62 bits per heavy atom. The molecule has 0 saturated carbocycles. The molecule has 6 aromatic carbocycles. The summed E-state index contributed by atoms with van der Waals surface area (Å²) in [5, 5.41) is 5.67. The van der Waals surface area contributed by atoms with Crippen LogP contribution in [0.2, 0.25) is 5.02 Å². The van der Waals surface area contributed by atoms with Crippen molar-refractivity contribution in [2.75, 3.05) is 0 Å². The summed E-state index contributed by atoms with van der Waals surface area (Å²) in [6.07, 6.45) is 0. The van der Waals surface area contributed by atoms with E-state index in [1.54, 1.807) is 0 Å². The van der Waals surface area contributed by atoms with Crippen molar-refractivity contribution in [1.29, 1.82) is 0 Å². The van der Waals surface area contributed by atoms with Crippen molar-refractivity contribution in [2.45, 2.75) is 0 Å². The largest absolute Gasteiger partial charge is 0.309 e. The number of nitrogens with zero attached hydrogens (tertiary/aromatic N) is 2. The molecule has 2 heterocycles. The Kier molecular flexibility index (Phi) is 4.91. The van der Waals surface area contributed by atoms with Crippen molar-refractivity contribution in [1.82, 2.24) is 9.13 Å². The van der Waals surface area contributed by atoms with Gasteiger partial charge in [-0.2, -0.15) is 0 Å². The number of halogens is 1. The molecule has 0 radical (unpaired) electrons. The molecule has 0 amide bonds. The second-order valence-corrected chi connectivity index (χ2v) is 10.4. The molecule has 0 aliphatic carbocycles. The van der Waals surface area contributed by atoms with E-state index in [2.05, 4.69) is 137 Å². The molecule has 8 aromatic rings. The van der Waals surface area contributed by atoms with Crippen LogP contribution < -0.4 is 0 Å². The standard InChI is InChI=1S/C36H23ClN2/c37-26-17-19-31-32-21-24(16-20-34(32)39(36(31)23-26)28-11-5-2-6-12-28)25-15-18-30-29-13-7-8-14-33(29)38(35(30)22-25)27-9-3-1-4-10-27/h1-23H. The maximum Gasteiger partial charge on any atom is 0.0555 e. The Morgan fingerprint density at radius 2 is 0.872 bits per heavy atom. The van der Waals surface area contributed by atoms with Crippen LogP contribution in [0.3, 0.4) is 0 Å². The van der Waals surface area contributed by atoms with Crippen LogP contribution in [0, 0.1) is 0 Å². The zero-order valence-electron chi connectivity index (χ0n) is 21.1. The average molecular weight is 519 g/mol. The van der Waals surface area contributed by atoms with E-state index >= 15 is 0 Å². The molecular formula is C36H23ClN2. The van der Waals surface area contributed by atoms with Crippen LogP contribution in [-0.4, -0.2) is 9.13 Å². The Morgan fingerprint density at radius 1 is 0.359 bits per heavy atom. The topological polar surface area (TPSA) is 9.86 Å². The quantitative estimate of drug-likeness (QED) is 0.220. The van der Waals surface area contributed by atoms with Crippen LogP contribution >= 0.6 is 11.6 Å². The van der Waals surface area contributed by atoms with Gasteiger partial charge in [0.1, 0.15) is 0 Å². The Bertz CT molecular complexity index is 2170. The highest BCUT2D eigenvalue weighted by atomic mass is 35.5. The van der Waals surface area contributed by atoms with Crippen molar-refractivity contribution in [3.8, 4) is 22.5 Å². The third kappa shape index (κ3) is 3.42. The first-order valence-electron chi connectivity index (χ1n) is 13.1. The Labute approximate surface area is 230 Å². The number of hydrogen-bond donors (Lipinski definition) is 0. The van der Waals surface area contributed by atoms with Gasteiger partial charge in [0.25, 0.3) is 0 Å². The molecule has 0 fully saturated rings. The Hall–Kier alpha value is -4.79. The van der Waals surface area contributed by atoms with E-state index < -0.39 is 0 Å². The van der Waals surface area contributed by atoms with Gasteiger partial charge in [0, 0.05) is 37.9 Å². The summed E-state index contributed by atoms with van der Waals surface area (Å²) < 4.78 is 4.67. The zero-order valence-corrected chi connectivity index (χ0v) is 21.8. The number of benzene rings is 6. The molecule has 0 atom stereocenters. The monoisotopic (exact) mass is 518 g/mol. The van der Waals surface area contributed by atoms with Gasteiger partial charge in [-0.25, -0.2) is 0 Å². The number of rotatable bonds is 3. The van der Waals surface area contributed by atoms with Gasteiger partial charge >= 0.3 is 0 Å². The Balaban J connectivity index is 1.39. The predicted molar refractivity (Wildman–Crippen MR) is 166 cm³/mol. The van der Waals surface area contributed by atoms with Crippen LogP contribution in [0.15, 0.2) is 140 Å². The van der Waals surface area contributed by atoms with E-state index in [0.29, 0.717) is 0 Å². The fraction of sp³-hybridized carbons (Fsp3) is 0. The molecule has 184 valence electrons. The first-order chi connectivity index (χ1) is 19.3. The van der Waals surface area contributed by atoms with Gasteiger partial charge in [0.2, 0.25) is 0 Å². The second kappa shape index (κ2) is 8.62.